The number of carbonyl (C=O) groups is 1. The number of rotatable bonds is 1. The van der Waals surface area contributed by atoms with Crippen molar-refractivity contribution in [3.63, 3.8) is 0 Å². The van der Waals surface area contributed by atoms with Crippen molar-refractivity contribution in [1.29, 1.82) is 5.26 Å². The van der Waals surface area contributed by atoms with Crippen LogP contribution in [0, 0.1) is 23.7 Å². The fraction of sp³-hybridized carbons (Fsp3) is 0.529. The van der Waals surface area contributed by atoms with Gasteiger partial charge in [-0.1, -0.05) is 30.5 Å². The Balaban J connectivity index is 1.97. The first-order valence-electron chi connectivity index (χ1n) is 7.49. The Hall–Kier alpha value is -1.82. The van der Waals surface area contributed by atoms with Crippen molar-refractivity contribution >= 4 is 11.6 Å². The molecule has 3 nitrogen and oxygen atoms in total. The van der Waals surface area contributed by atoms with Gasteiger partial charge in [0.25, 0.3) is 0 Å². The average molecular weight is 268 g/mol. The van der Waals surface area contributed by atoms with E-state index in [4.69, 9.17) is 0 Å². The highest BCUT2D eigenvalue weighted by Gasteiger charge is 2.45. The Morgan fingerprint density at radius 3 is 2.75 bits per heavy atom. The molecule has 1 aromatic carbocycles. The van der Waals surface area contributed by atoms with Crippen molar-refractivity contribution in [2.45, 2.75) is 45.4 Å². The molecule has 1 fully saturated rings. The van der Waals surface area contributed by atoms with Crippen LogP contribution in [0.15, 0.2) is 18.2 Å². The molecule has 0 unspecified atom stereocenters. The van der Waals surface area contributed by atoms with Crippen LogP contribution in [-0.2, 0) is 11.2 Å². The highest BCUT2D eigenvalue weighted by atomic mass is 16.2. The van der Waals surface area contributed by atoms with Gasteiger partial charge in [-0.15, -0.1) is 0 Å². The van der Waals surface area contributed by atoms with E-state index < -0.39 is 5.41 Å². The standard InChI is InChI=1S/C17H20N2O/c1-13-6-7-15-14(11-13)5-4-10-19(15)16(20)17(12-18)8-2-3-9-17/h6-7,11H,2-5,8-10H2,1H3. The molecule has 1 amide bonds. The SMILES string of the molecule is Cc1ccc2c(c1)CCCN2C(=O)C1(C#N)CCCC1. The molecule has 0 spiro atoms. The number of amides is 1. The van der Waals surface area contributed by atoms with Gasteiger partial charge in [-0.3, -0.25) is 4.79 Å². The lowest BCUT2D eigenvalue weighted by molar-refractivity contribution is -0.125. The number of benzene rings is 1. The first kappa shape index (κ1) is 13.2. The molecule has 1 saturated carbocycles. The summed E-state index contributed by atoms with van der Waals surface area (Å²) in [7, 11) is 0. The third-order valence-electron chi connectivity index (χ3n) is 4.68. The van der Waals surface area contributed by atoms with Crippen LogP contribution in [0.3, 0.4) is 0 Å². The number of nitrogens with zero attached hydrogens (tertiary/aromatic N) is 2. The van der Waals surface area contributed by atoms with Gasteiger partial charge in [0, 0.05) is 12.2 Å². The summed E-state index contributed by atoms with van der Waals surface area (Å²) in [5.41, 5.74) is 2.73. The Labute approximate surface area is 120 Å². The average Bonchev–Trinajstić information content (AvgIpc) is 2.95. The van der Waals surface area contributed by atoms with Gasteiger partial charge in [0.2, 0.25) is 5.91 Å². The second-order valence-electron chi connectivity index (χ2n) is 6.09. The third kappa shape index (κ3) is 2.00. The van der Waals surface area contributed by atoms with Crippen molar-refractivity contribution < 1.29 is 4.79 Å². The minimum atomic E-state index is -0.764. The maximum absolute atomic E-state index is 12.9. The summed E-state index contributed by atoms with van der Waals surface area (Å²) in [4.78, 5) is 14.8. The largest absolute Gasteiger partial charge is 0.311 e. The highest BCUT2D eigenvalue weighted by Crippen LogP contribution is 2.41. The number of carbonyl (C=O) groups excluding carboxylic acids is 1. The second kappa shape index (κ2) is 4.94. The molecule has 3 rings (SSSR count). The smallest absolute Gasteiger partial charge is 0.247 e. The Morgan fingerprint density at radius 1 is 1.30 bits per heavy atom. The minimum absolute atomic E-state index is 0.0299. The van der Waals surface area contributed by atoms with Gasteiger partial charge in [-0.25, -0.2) is 0 Å². The third-order valence-corrected chi connectivity index (χ3v) is 4.68. The van der Waals surface area contributed by atoms with E-state index in [0.717, 1.165) is 50.8 Å². The van der Waals surface area contributed by atoms with E-state index in [1.54, 1.807) is 0 Å². The maximum atomic E-state index is 12.9. The Morgan fingerprint density at radius 2 is 2.05 bits per heavy atom. The summed E-state index contributed by atoms with van der Waals surface area (Å²) in [6, 6.07) is 8.59. The summed E-state index contributed by atoms with van der Waals surface area (Å²) in [6.07, 6.45) is 5.45. The van der Waals surface area contributed by atoms with E-state index in [9.17, 15) is 10.1 Å². The van der Waals surface area contributed by atoms with Crippen molar-refractivity contribution in [3.8, 4) is 6.07 Å². The first-order valence-corrected chi connectivity index (χ1v) is 7.49. The van der Waals surface area contributed by atoms with Gasteiger partial charge < -0.3 is 4.90 Å². The summed E-state index contributed by atoms with van der Waals surface area (Å²) in [5.74, 6) is 0.0299. The monoisotopic (exact) mass is 268 g/mol. The molecule has 104 valence electrons. The number of hydrogen-bond acceptors (Lipinski definition) is 2. The van der Waals surface area contributed by atoms with E-state index in [0.29, 0.717) is 0 Å². The summed E-state index contributed by atoms with van der Waals surface area (Å²) in [6.45, 7) is 2.83. The second-order valence-corrected chi connectivity index (χ2v) is 6.09. The lowest BCUT2D eigenvalue weighted by atomic mass is 9.85. The number of aryl methyl sites for hydroxylation is 2. The molecule has 20 heavy (non-hydrogen) atoms. The van der Waals surface area contributed by atoms with Crippen molar-refractivity contribution in [1.82, 2.24) is 0 Å². The molecule has 0 radical (unpaired) electrons. The van der Waals surface area contributed by atoms with E-state index >= 15 is 0 Å². The number of nitriles is 1. The van der Waals surface area contributed by atoms with Crippen LogP contribution in [-0.4, -0.2) is 12.5 Å². The molecule has 1 aliphatic carbocycles. The lowest BCUT2D eigenvalue weighted by Gasteiger charge is -2.34. The van der Waals surface area contributed by atoms with E-state index in [2.05, 4.69) is 25.1 Å². The summed E-state index contributed by atoms with van der Waals surface area (Å²) < 4.78 is 0. The Bertz CT molecular complexity index is 579. The van der Waals surface area contributed by atoms with E-state index in [1.807, 2.05) is 11.0 Å². The van der Waals surface area contributed by atoms with Gasteiger partial charge in [0.05, 0.1) is 6.07 Å². The van der Waals surface area contributed by atoms with Crippen LogP contribution >= 0.6 is 0 Å². The molecule has 0 bridgehead atoms. The molecule has 0 saturated heterocycles. The highest BCUT2D eigenvalue weighted by molar-refractivity contribution is 6.00. The molecule has 2 aliphatic rings. The lowest BCUT2D eigenvalue weighted by Crippen LogP contribution is -2.44. The zero-order valence-electron chi connectivity index (χ0n) is 12.0. The molecule has 1 aliphatic heterocycles. The fourth-order valence-corrected chi connectivity index (χ4v) is 3.55. The van der Waals surface area contributed by atoms with Crippen LogP contribution in [0.5, 0.6) is 0 Å². The maximum Gasteiger partial charge on any atom is 0.247 e. The predicted molar refractivity (Wildman–Crippen MR) is 78.4 cm³/mol. The predicted octanol–water partition coefficient (Wildman–Crippen LogP) is 3.36. The zero-order chi connectivity index (χ0) is 14.2. The zero-order valence-corrected chi connectivity index (χ0v) is 12.0. The molecular formula is C17H20N2O. The van der Waals surface area contributed by atoms with Crippen molar-refractivity contribution in [3.05, 3.63) is 29.3 Å². The van der Waals surface area contributed by atoms with Gasteiger partial charge >= 0.3 is 0 Å². The minimum Gasteiger partial charge on any atom is -0.311 e. The first-order chi connectivity index (χ1) is 9.66. The molecule has 1 heterocycles. The normalized spacial score (nSPS) is 20.3. The number of hydrogen-bond donors (Lipinski definition) is 0. The fourth-order valence-electron chi connectivity index (χ4n) is 3.55. The molecule has 0 atom stereocenters. The van der Waals surface area contributed by atoms with Crippen molar-refractivity contribution in [2.75, 3.05) is 11.4 Å². The van der Waals surface area contributed by atoms with Crippen LogP contribution < -0.4 is 4.90 Å². The number of fused-ring (bicyclic) bond motifs is 1. The molecular weight excluding hydrogens is 248 g/mol. The Kier molecular flexibility index (Phi) is 3.25. The van der Waals surface area contributed by atoms with Crippen LogP contribution in [0.4, 0.5) is 5.69 Å². The number of anilines is 1. The summed E-state index contributed by atoms with van der Waals surface area (Å²) >= 11 is 0. The van der Waals surface area contributed by atoms with Gasteiger partial charge in [0.15, 0.2) is 0 Å². The van der Waals surface area contributed by atoms with Crippen molar-refractivity contribution in [2.24, 2.45) is 5.41 Å². The van der Waals surface area contributed by atoms with Gasteiger partial charge in [-0.05, 0) is 44.2 Å². The molecule has 3 heteroatoms. The molecule has 0 aromatic heterocycles. The van der Waals surface area contributed by atoms with Crippen LogP contribution in [0.25, 0.3) is 0 Å². The quantitative estimate of drug-likeness (QED) is 0.784. The summed E-state index contributed by atoms with van der Waals surface area (Å²) in [5, 5.41) is 9.51. The van der Waals surface area contributed by atoms with Crippen LogP contribution in [0.2, 0.25) is 0 Å². The van der Waals surface area contributed by atoms with E-state index in [1.165, 1.54) is 11.1 Å². The molecule has 0 N–H and O–H groups in total. The van der Waals surface area contributed by atoms with Gasteiger partial charge in [0.1, 0.15) is 5.41 Å². The molecule has 1 aromatic rings. The van der Waals surface area contributed by atoms with Gasteiger partial charge in [-0.2, -0.15) is 5.26 Å². The van der Waals surface area contributed by atoms with E-state index in [-0.39, 0.29) is 5.91 Å². The van der Waals surface area contributed by atoms with Crippen LogP contribution in [0.1, 0.15) is 43.2 Å². The topological polar surface area (TPSA) is 44.1 Å².